The van der Waals surface area contributed by atoms with Crippen molar-refractivity contribution in [3.8, 4) is 0 Å². The van der Waals surface area contributed by atoms with E-state index in [0.717, 1.165) is 18.7 Å². The minimum Gasteiger partial charge on any atom is -0.469 e. The number of rotatable bonds is 5. The largest absolute Gasteiger partial charge is 0.469 e. The Morgan fingerprint density at radius 1 is 1.62 bits per heavy atom. The van der Waals surface area contributed by atoms with Gasteiger partial charge in [0, 0.05) is 25.0 Å². The normalized spacial score (nSPS) is 22.8. The van der Waals surface area contributed by atoms with Crippen molar-refractivity contribution in [2.45, 2.75) is 38.3 Å². The van der Waals surface area contributed by atoms with E-state index in [1.165, 1.54) is 19.4 Å². The molecule has 90 valence electrons. The molecule has 1 saturated heterocycles. The fourth-order valence-corrected chi connectivity index (χ4v) is 2.32. The Morgan fingerprint density at radius 2 is 2.50 bits per heavy atom. The van der Waals surface area contributed by atoms with Crippen molar-refractivity contribution in [3.05, 3.63) is 24.2 Å². The molecule has 2 atom stereocenters. The molecule has 3 nitrogen and oxygen atoms in total. The molecule has 2 heterocycles. The first-order valence-electron chi connectivity index (χ1n) is 6.21. The van der Waals surface area contributed by atoms with E-state index in [2.05, 4.69) is 30.3 Å². The van der Waals surface area contributed by atoms with E-state index < -0.39 is 0 Å². The molecule has 0 aromatic carbocycles. The van der Waals surface area contributed by atoms with Gasteiger partial charge in [0.05, 0.1) is 6.26 Å². The summed E-state index contributed by atoms with van der Waals surface area (Å²) >= 11 is 0. The minimum absolute atomic E-state index is 0.536. The third-order valence-electron chi connectivity index (χ3n) is 3.50. The number of hydrogen-bond acceptors (Lipinski definition) is 3. The maximum Gasteiger partial charge on any atom is 0.105 e. The zero-order chi connectivity index (χ0) is 11.4. The third kappa shape index (κ3) is 3.09. The van der Waals surface area contributed by atoms with Crippen LogP contribution in [0.5, 0.6) is 0 Å². The van der Waals surface area contributed by atoms with Gasteiger partial charge < -0.3 is 14.6 Å². The molecule has 1 aromatic rings. The fraction of sp³-hybridized carbons (Fsp3) is 0.692. The highest BCUT2D eigenvalue weighted by atomic mass is 16.3. The summed E-state index contributed by atoms with van der Waals surface area (Å²) in [4.78, 5) is 2.42. The van der Waals surface area contributed by atoms with Crippen molar-refractivity contribution in [1.29, 1.82) is 0 Å². The molecule has 0 spiro atoms. The van der Waals surface area contributed by atoms with Gasteiger partial charge in [0.2, 0.25) is 0 Å². The number of likely N-dealkylation sites (N-methyl/N-ethyl adjacent to an activating group) is 1. The highest BCUT2D eigenvalue weighted by molar-refractivity contribution is 5.00. The fourth-order valence-electron chi connectivity index (χ4n) is 2.32. The number of furan rings is 1. The van der Waals surface area contributed by atoms with Crippen LogP contribution < -0.4 is 5.32 Å². The van der Waals surface area contributed by atoms with Crippen LogP contribution in [0.3, 0.4) is 0 Å². The topological polar surface area (TPSA) is 28.4 Å². The molecule has 3 heteroatoms. The zero-order valence-electron chi connectivity index (χ0n) is 10.3. The molecule has 1 aliphatic rings. The van der Waals surface area contributed by atoms with Gasteiger partial charge in [-0.1, -0.05) is 0 Å². The van der Waals surface area contributed by atoms with Crippen molar-refractivity contribution in [3.63, 3.8) is 0 Å². The van der Waals surface area contributed by atoms with Crippen LogP contribution in [0, 0.1) is 0 Å². The molecule has 1 aromatic heterocycles. The molecule has 0 aliphatic carbocycles. The molecule has 1 fully saturated rings. The Kier molecular flexibility index (Phi) is 4.02. The SMILES string of the molecule is CC(Cc1ccco1)N(C)CC1CCCN1. The monoisotopic (exact) mass is 222 g/mol. The second-order valence-electron chi connectivity index (χ2n) is 4.87. The summed E-state index contributed by atoms with van der Waals surface area (Å²) in [5.41, 5.74) is 0. The van der Waals surface area contributed by atoms with E-state index in [1.54, 1.807) is 6.26 Å². The molecular weight excluding hydrogens is 200 g/mol. The predicted molar refractivity (Wildman–Crippen MR) is 65.5 cm³/mol. The number of nitrogens with one attached hydrogen (secondary N) is 1. The molecule has 0 saturated carbocycles. The first kappa shape index (κ1) is 11.7. The molecular formula is C13H22N2O. The Morgan fingerprint density at radius 3 is 3.12 bits per heavy atom. The van der Waals surface area contributed by atoms with Crippen molar-refractivity contribution < 1.29 is 4.42 Å². The quantitative estimate of drug-likeness (QED) is 0.824. The lowest BCUT2D eigenvalue weighted by atomic mass is 10.1. The predicted octanol–water partition coefficient (Wildman–Crippen LogP) is 1.89. The average molecular weight is 222 g/mol. The summed E-state index contributed by atoms with van der Waals surface area (Å²) in [5.74, 6) is 1.08. The van der Waals surface area contributed by atoms with E-state index in [9.17, 15) is 0 Å². The molecule has 16 heavy (non-hydrogen) atoms. The van der Waals surface area contributed by atoms with Crippen LogP contribution in [-0.4, -0.2) is 37.1 Å². The summed E-state index contributed by atoms with van der Waals surface area (Å²) in [5, 5.41) is 3.54. The Bertz CT molecular complexity index is 291. The second kappa shape index (κ2) is 5.51. The van der Waals surface area contributed by atoms with E-state index in [1.807, 2.05) is 6.07 Å². The van der Waals surface area contributed by atoms with Crippen LogP contribution in [0.15, 0.2) is 22.8 Å². The second-order valence-corrected chi connectivity index (χ2v) is 4.87. The van der Waals surface area contributed by atoms with Gasteiger partial charge in [0.25, 0.3) is 0 Å². The van der Waals surface area contributed by atoms with Crippen LogP contribution in [0.2, 0.25) is 0 Å². The van der Waals surface area contributed by atoms with Gasteiger partial charge in [-0.3, -0.25) is 0 Å². The van der Waals surface area contributed by atoms with Crippen molar-refractivity contribution >= 4 is 0 Å². The smallest absolute Gasteiger partial charge is 0.105 e. The van der Waals surface area contributed by atoms with Crippen LogP contribution in [0.1, 0.15) is 25.5 Å². The van der Waals surface area contributed by atoms with Gasteiger partial charge in [-0.15, -0.1) is 0 Å². The first-order valence-corrected chi connectivity index (χ1v) is 6.21. The highest BCUT2D eigenvalue weighted by Crippen LogP contribution is 2.11. The lowest BCUT2D eigenvalue weighted by molar-refractivity contribution is 0.227. The van der Waals surface area contributed by atoms with Crippen molar-refractivity contribution in [1.82, 2.24) is 10.2 Å². The molecule has 0 amide bonds. The molecule has 0 radical (unpaired) electrons. The maximum atomic E-state index is 5.38. The summed E-state index contributed by atoms with van der Waals surface area (Å²) in [6.45, 7) is 4.59. The third-order valence-corrected chi connectivity index (χ3v) is 3.50. The maximum absolute atomic E-state index is 5.38. The lowest BCUT2D eigenvalue weighted by Crippen LogP contribution is -2.40. The van der Waals surface area contributed by atoms with Crippen LogP contribution in [0.4, 0.5) is 0 Å². The van der Waals surface area contributed by atoms with Crippen molar-refractivity contribution in [2.24, 2.45) is 0 Å². The van der Waals surface area contributed by atoms with E-state index in [0.29, 0.717) is 12.1 Å². The lowest BCUT2D eigenvalue weighted by Gasteiger charge is -2.26. The van der Waals surface area contributed by atoms with E-state index in [-0.39, 0.29) is 0 Å². The molecule has 1 N–H and O–H groups in total. The van der Waals surface area contributed by atoms with Crippen LogP contribution in [-0.2, 0) is 6.42 Å². The van der Waals surface area contributed by atoms with Gasteiger partial charge in [-0.05, 0) is 45.5 Å². The van der Waals surface area contributed by atoms with E-state index in [4.69, 9.17) is 4.42 Å². The molecule has 1 aliphatic heterocycles. The van der Waals surface area contributed by atoms with Crippen LogP contribution in [0.25, 0.3) is 0 Å². The Balaban J connectivity index is 1.77. The average Bonchev–Trinajstić information content (AvgIpc) is 2.90. The summed E-state index contributed by atoms with van der Waals surface area (Å²) in [6.07, 6.45) is 5.39. The summed E-state index contributed by atoms with van der Waals surface area (Å²) < 4.78 is 5.38. The first-order chi connectivity index (χ1) is 7.75. The van der Waals surface area contributed by atoms with Crippen molar-refractivity contribution in [2.75, 3.05) is 20.1 Å². The van der Waals surface area contributed by atoms with Crippen LogP contribution >= 0.6 is 0 Å². The highest BCUT2D eigenvalue weighted by Gasteiger charge is 2.19. The zero-order valence-corrected chi connectivity index (χ0v) is 10.3. The summed E-state index contributed by atoms with van der Waals surface area (Å²) in [7, 11) is 2.20. The Labute approximate surface area is 97.8 Å². The van der Waals surface area contributed by atoms with E-state index >= 15 is 0 Å². The van der Waals surface area contributed by atoms with Gasteiger partial charge in [0.1, 0.15) is 5.76 Å². The number of hydrogen-bond donors (Lipinski definition) is 1. The summed E-state index contributed by atoms with van der Waals surface area (Å²) in [6, 6.07) is 5.23. The van der Waals surface area contributed by atoms with Gasteiger partial charge in [-0.2, -0.15) is 0 Å². The molecule has 0 bridgehead atoms. The Hall–Kier alpha value is -0.800. The standard InChI is InChI=1S/C13H22N2O/c1-11(9-13-6-4-8-16-13)15(2)10-12-5-3-7-14-12/h4,6,8,11-12,14H,3,5,7,9-10H2,1-2H3. The minimum atomic E-state index is 0.536. The van der Waals surface area contributed by atoms with Gasteiger partial charge >= 0.3 is 0 Å². The molecule has 2 unspecified atom stereocenters. The van der Waals surface area contributed by atoms with Gasteiger partial charge in [0.15, 0.2) is 0 Å². The number of nitrogens with zero attached hydrogens (tertiary/aromatic N) is 1. The van der Waals surface area contributed by atoms with Gasteiger partial charge in [-0.25, -0.2) is 0 Å². The molecule has 2 rings (SSSR count).